The van der Waals surface area contributed by atoms with Crippen molar-refractivity contribution in [3.05, 3.63) is 58.6 Å². The lowest BCUT2D eigenvalue weighted by Gasteiger charge is -2.17. The highest BCUT2D eigenvalue weighted by atomic mass is 35.5. The predicted molar refractivity (Wildman–Crippen MR) is 108 cm³/mol. The smallest absolute Gasteiger partial charge is 0.253 e. The van der Waals surface area contributed by atoms with Gasteiger partial charge in [-0.05, 0) is 57.0 Å². The van der Waals surface area contributed by atoms with Crippen molar-refractivity contribution >= 4 is 27.5 Å². The van der Waals surface area contributed by atoms with E-state index in [2.05, 4.69) is 10.0 Å². The van der Waals surface area contributed by atoms with Crippen molar-refractivity contribution in [3.63, 3.8) is 0 Å². The van der Waals surface area contributed by atoms with E-state index in [1.54, 1.807) is 0 Å². The molecular formula is C20H23ClN2O4S. The molecule has 8 heteroatoms. The Hall–Kier alpha value is -2.09. The molecule has 0 aliphatic heterocycles. The summed E-state index contributed by atoms with van der Waals surface area (Å²) in [5.74, 6) is 0.307. The van der Waals surface area contributed by atoms with Gasteiger partial charge in [-0.2, -0.15) is 0 Å². The monoisotopic (exact) mass is 422 g/mol. The fourth-order valence-electron chi connectivity index (χ4n) is 3.18. The van der Waals surface area contributed by atoms with Crippen molar-refractivity contribution in [1.82, 2.24) is 10.0 Å². The van der Waals surface area contributed by atoms with Gasteiger partial charge in [0.25, 0.3) is 5.91 Å². The molecule has 0 bridgehead atoms. The number of carbonyl (C=O) groups excluding carboxylic acids is 1. The van der Waals surface area contributed by atoms with Crippen LogP contribution in [0.4, 0.5) is 0 Å². The molecule has 1 aliphatic carbocycles. The number of amides is 1. The van der Waals surface area contributed by atoms with Crippen molar-refractivity contribution < 1.29 is 17.9 Å². The maximum absolute atomic E-state index is 12.6. The van der Waals surface area contributed by atoms with Crippen LogP contribution < -0.4 is 14.8 Å². The normalized spacial score (nSPS) is 14.8. The number of para-hydroxylation sites is 1. The van der Waals surface area contributed by atoms with E-state index in [0.29, 0.717) is 0 Å². The topological polar surface area (TPSA) is 84.5 Å². The molecule has 1 amide bonds. The first-order chi connectivity index (χ1) is 13.4. The fourth-order valence-corrected chi connectivity index (χ4v) is 4.14. The predicted octanol–water partition coefficient (Wildman–Crippen LogP) is 3.50. The summed E-state index contributed by atoms with van der Waals surface area (Å²) in [6, 6.07) is 11.6. The van der Waals surface area contributed by atoms with Crippen molar-refractivity contribution in [2.45, 2.75) is 43.2 Å². The average Bonchev–Trinajstić information content (AvgIpc) is 3.20. The van der Waals surface area contributed by atoms with E-state index in [0.717, 1.165) is 24.2 Å². The third kappa shape index (κ3) is 4.84. The summed E-state index contributed by atoms with van der Waals surface area (Å²) in [6.45, 7) is 0.251. The van der Waals surface area contributed by atoms with E-state index in [1.807, 2.05) is 24.3 Å². The number of nitrogens with one attached hydrogen (secondary N) is 2. The number of sulfonamides is 1. The van der Waals surface area contributed by atoms with Gasteiger partial charge in [0.15, 0.2) is 0 Å². The minimum absolute atomic E-state index is 0.0190. The van der Waals surface area contributed by atoms with E-state index in [9.17, 15) is 13.2 Å². The van der Waals surface area contributed by atoms with Gasteiger partial charge in [-0.3, -0.25) is 4.79 Å². The molecule has 1 aliphatic rings. The van der Waals surface area contributed by atoms with Crippen LogP contribution in [0.3, 0.4) is 0 Å². The third-order valence-corrected chi connectivity index (χ3v) is 6.51. The molecule has 0 saturated heterocycles. The Morgan fingerprint density at radius 1 is 1.18 bits per heavy atom. The van der Waals surface area contributed by atoms with Crippen LogP contribution in [-0.4, -0.2) is 27.5 Å². The summed E-state index contributed by atoms with van der Waals surface area (Å²) in [5, 5.41) is 2.98. The largest absolute Gasteiger partial charge is 0.490 e. The van der Waals surface area contributed by atoms with Crippen molar-refractivity contribution in [3.8, 4) is 5.75 Å². The molecule has 3 rings (SSSR count). The second kappa shape index (κ2) is 8.94. The summed E-state index contributed by atoms with van der Waals surface area (Å²) in [6.07, 6.45) is 4.66. The van der Waals surface area contributed by atoms with E-state index in [1.165, 1.54) is 38.1 Å². The Balaban J connectivity index is 1.73. The van der Waals surface area contributed by atoms with Gasteiger partial charge in [-0.1, -0.05) is 29.8 Å². The summed E-state index contributed by atoms with van der Waals surface area (Å²) in [4.78, 5) is 12.6. The number of hydrogen-bond donors (Lipinski definition) is 2. The third-order valence-electron chi connectivity index (χ3n) is 4.77. The number of halogens is 1. The van der Waals surface area contributed by atoms with Gasteiger partial charge < -0.3 is 10.1 Å². The Labute approximate surface area is 170 Å². The number of carbonyl (C=O) groups is 1. The summed E-state index contributed by atoms with van der Waals surface area (Å²) >= 11 is 6.11. The Morgan fingerprint density at radius 3 is 2.61 bits per heavy atom. The van der Waals surface area contributed by atoms with Crippen LogP contribution in [0.25, 0.3) is 0 Å². The maximum atomic E-state index is 12.6. The first-order valence-corrected chi connectivity index (χ1v) is 11.0. The van der Waals surface area contributed by atoms with Gasteiger partial charge in [-0.25, -0.2) is 13.1 Å². The molecule has 1 saturated carbocycles. The van der Waals surface area contributed by atoms with Gasteiger partial charge in [0.1, 0.15) is 5.75 Å². The molecule has 2 N–H and O–H groups in total. The second-order valence-electron chi connectivity index (χ2n) is 6.66. The molecule has 1 fully saturated rings. The molecule has 2 aromatic carbocycles. The first-order valence-electron chi connectivity index (χ1n) is 9.16. The van der Waals surface area contributed by atoms with E-state index < -0.39 is 15.9 Å². The Morgan fingerprint density at radius 2 is 1.89 bits per heavy atom. The van der Waals surface area contributed by atoms with Gasteiger partial charge in [-0.15, -0.1) is 0 Å². The van der Waals surface area contributed by atoms with Crippen LogP contribution in [-0.2, 0) is 16.6 Å². The van der Waals surface area contributed by atoms with Crippen LogP contribution >= 0.6 is 11.6 Å². The van der Waals surface area contributed by atoms with Crippen LogP contribution in [0.15, 0.2) is 47.4 Å². The van der Waals surface area contributed by atoms with Crippen LogP contribution in [0.2, 0.25) is 5.02 Å². The first kappa shape index (κ1) is 20.6. The van der Waals surface area contributed by atoms with Gasteiger partial charge in [0, 0.05) is 12.1 Å². The molecule has 0 unspecified atom stereocenters. The molecule has 0 heterocycles. The zero-order valence-corrected chi connectivity index (χ0v) is 17.1. The lowest BCUT2D eigenvalue weighted by atomic mass is 10.1. The number of benzene rings is 2. The van der Waals surface area contributed by atoms with Crippen LogP contribution in [0, 0.1) is 0 Å². The Bertz CT molecular complexity index is 956. The zero-order valence-electron chi connectivity index (χ0n) is 15.6. The van der Waals surface area contributed by atoms with E-state index in [-0.39, 0.29) is 28.1 Å². The zero-order chi connectivity index (χ0) is 20.1. The quantitative estimate of drug-likeness (QED) is 0.715. The summed E-state index contributed by atoms with van der Waals surface area (Å²) in [7, 11) is -2.36. The lowest BCUT2D eigenvalue weighted by molar-refractivity contribution is 0.0950. The molecule has 6 nitrogen and oxygen atoms in total. The number of ether oxygens (including phenoxy) is 1. The molecule has 2 aromatic rings. The molecule has 0 spiro atoms. The molecule has 150 valence electrons. The molecular weight excluding hydrogens is 400 g/mol. The maximum Gasteiger partial charge on any atom is 0.253 e. The summed E-state index contributed by atoms with van der Waals surface area (Å²) in [5.41, 5.74) is 0.963. The van der Waals surface area contributed by atoms with Crippen molar-refractivity contribution in [1.29, 1.82) is 0 Å². The van der Waals surface area contributed by atoms with Gasteiger partial charge in [0.2, 0.25) is 10.0 Å². The molecule has 0 radical (unpaired) electrons. The van der Waals surface area contributed by atoms with Crippen LogP contribution in [0.1, 0.15) is 41.6 Å². The summed E-state index contributed by atoms with van der Waals surface area (Å²) < 4.78 is 32.3. The highest BCUT2D eigenvalue weighted by molar-refractivity contribution is 7.89. The molecule has 0 atom stereocenters. The van der Waals surface area contributed by atoms with E-state index in [4.69, 9.17) is 16.3 Å². The lowest BCUT2D eigenvalue weighted by Crippen LogP contribution is -2.25. The van der Waals surface area contributed by atoms with Crippen molar-refractivity contribution in [2.75, 3.05) is 7.05 Å². The van der Waals surface area contributed by atoms with Crippen LogP contribution in [0.5, 0.6) is 5.75 Å². The highest BCUT2D eigenvalue weighted by Gasteiger charge is 2.19. The van der Waals surface area contributed by atoms with E-state index >= 15 is 0 Å². The Kier molecular flexibility index (Phi) is 6.59. The number of hydrogen-bond acceptors (Lipinski definition) is 4. The van der Waals surface area contributed by atoms with Crippen molar-refractivity contribution in [2.24, 2.45) is 0 Å². The fraction of sp³-hybridized carbons (Fsp3) is 0.350. The average molecular weight is 423 g/mol. The highest BCUT2D eigenvalue weighted by Crippen LogP contribution is 2.27. The second-order valence-corrected chi connectivity index (χ2v) is 8.96. The minimum Gasteiger partial charge on any atom is -0.490 e. The minimum atomic E-state index is -3.67. The van der Waals surface area contributed by atoms with Gasteiger partial charge in [0.05, 0.1) is 21.6 Å². The number of rotatable bonds is 7. The molecule has 0 aromatic heterocycles. The standard InChI is InChI=1S/C20H23ClN2O4S/c1-22-28(25,26)16-10-11-18(21)17(12-16)20(24)23-13-14-6-2-5-9-19(14)27-15-7-3-4-8-15/h2,5-6,9-12,15,22H,3-4,7-8,13H2,1H3,(H,23,24). The SMILES string of the molecule is CNS(=O)(=O)c1ccc(Cl)c(C(=O)NCc2ccccc2OC2CCCC2)c1. The van der Waals surface area contributed by atoms with Gasteiger partial charge >= 0.3 is 0 Å². The molecule has 28 heavy (non-hydrogen) atoms.